The van der Waals surface area contributed by atoms with Crippen molar-refractivity contribution in [3.63, 3.8) is 0 Å². The molecular formula is C16H23IN4O2. The van der Waals surface area contributed by atoms with E-state index in [0.29, 0.717) is 24.9 Å². The topological polar surface area (TPSA) is 71.7 Å². The number of aryl methyl sites for hydroxylation is 2. The molecule has 1 aromatic carbocycles. The Balaban J connectivity index is 0.00000264. The number of halogens is 1. The van der Waals surface area contributed by atoms with Gasteiger partial charge in [-0.2, -0.15) is 0 Å². The predicted octanol–water partition coefficient (Wildman–Crippen LogP) is 2.78. The molecule has 0 saturated carbocycles. The molecule has 23 heavy (non-hydrogen) atoms. The maximum atomic E-state index is 5.53. The number of rotatable bonds is 5. The molecule has 0 radical (unpaired) electrons. The van der Waals surface area contributed by atoms with Crippen LogP contribution in [0.1, 0.15) is 22.9 Å². The monoisotopic (exact) mass is 430 g/mol. The van der Waals surface area contributed by atoms with Gasteiger partial charge in [0.2, 0.25) is 5.89 Å². The summed E-state index contributed by atoms with van der Waals surface area (Å²) in [7, 11) is 3.39. The SMILES string of the molecule is CN=C(NCc1cccc(OC)c1)NCc1nc(C)c(C)o1.I. The first kappa shape index (κ1) is 19.3. The van der Waals surface area contributed by atoms with Crippen molar-refractivity contribution in [2.75, 3.05) is 14.2 Å². The molecule has 126 valence electrons. The van der Waals surface area contributed by atoms with Crippen LogP contribution in [0.4, 0.5) is 0 Å². The van der Waals surface area contributed by atoms with Crippen LogP contribution in [0.25, 0.3) is 0 Å². The number of aliphatic imine (C=N–C) groups is 1. The lowest BCUT2D eigenvalue weighted by Crippen LogP contribution is -2.36. The molecular weight excluding hydrogens is 407 g/mol. The summed E-state index contributed by atoms with van der Waals surface area (Å²) in [5.74, 6) is 3.03. The van der Waals surface area contributed by atoms with Crippen LogP contribution in [-0.2, 0) is 13.1 Å². The zero-order chi connectivity index (χ0) is 15.9. The van der Waals surface area contributed by atoms with E-state index in [1.807, 2.05) is 38.1 Å². The highest BCUT2D eigenvalue weighted by Gasteiger charge is 2.06. The molecule has 0 saturated heterocycles. The molecule has 0 fully saturated rings. The molecule has 0 amide bonds. The van der Waals surface area contributed by atoms with Crippen molar-refractivity contribution in [3.05, 3.63) is 47.2 Å². The van der Waals surface area contributed by atoms with Crippen LogP contribution in [0, 0.1) is 13.8 Å². The third-order valence-corrected chi connectivity index (χ3v) is 3.30. The number of nitrogens with one attached hydrogen (secondary N) is 2. The summed E-state index contributed by atoms with van der Waals surface area (Å²) in [6, 6.07) is 7.90. The van der Waals surface area contributed by atoms with Gasteiger partial charge < -0.3 is 19.8 Å². The Labute approximate surface area is 153 Å². The van der Waals surface area contributed by atoms with E-state index in [0.717, 1.165) is 22.8 Å². The van der Waals surface area contributed by atoms with Gasteiger partial charge in [0.1, 0.15) is 11.5 Å². The highest BCUT2D eigenvalue weighted by molar-refractivity contribution is 14.0. The molecule has 0 spiro atoms. The van der Waals surface area contributed by atoms with Crippen LogP contribution >= 0.6 is 24.0 Å². The lowest BCUT2D eigenvalue weighted by Gasteiger charge is -2.11. The molecule has 0 bridgehead atoms. The number of oxazole rings is 1. The van der Waals surface area contributed by atoms with Crippen molar-refractivity contribution in [2.45, 2.75) is 26.9 Å². The van der Waals surface area contributed by atoms with Crippen LogP contribution in [0.5, 0.6) is 5.75 Å². The fourth-order valence-corrected chi connectivity index (χ4v) is 1.96. The van der Waals surface area contributed by atoms with Crippen LogP contribution in [0.2, 0.25) is 0 Å². The summed E-state index contributed by atoms with van der Waals surface area (Å²) in [6.45, 7) is 4.98. The summed E-state index contributed by atoms with van der Waals surface area (Å²) < 4.78 is 10.7. The Kier molecular flexibility index (Phi) is 7.87. The third-order valence-electron chi connectivity index (χ3n) is 3.30. The first-order chi connectivity index (χ1) is 10.6. The van der Waals surface area contributed by atoms with E-state index in [1.165, 1.54) is 0 Å². The molecule has 0 aliphatic rings. The molecule has 7 heteroatoms. The van der Waals surface area contributed by atoms with E-state index in [9.17, 15) is 0 Å². The Morgan fingerprint density at radius 3 is 2.61 bits per heavy atom. The fourth-order valence-electron chi connectivity index (χ4n) is 1.96. The second-order valence-corrected chi connectivity index (χ2v) is 4.88. The molecule has 1 heterocycles. The Morgan fingerprint density at radius 2 is 2.00 bits per heavy atom. The summed E-state index contributed by atoms with van der Waals surface area (Å²) in [6.07, 6.45) is 0. The van der Waals surface area contributed by atoms with E-state index in [-0.39, 0.29) is 24.0 Å². The van der Waals surface area contributed by atoms with Gasteiger partial charge in [0.25, 0.3) is 0 Å². The molecule has 1 aromatic heterocycles. The fraction of sp³-hybridized carbons (Fsp3) is 0.375. The van der Waals surface area contributed by atoms with Gasteiger partial charge >= 0.3 is 0 Å². The quantitative estimate of drug-likeness (QED) is 0.434. The van der Waals surface area contributed by atoms with Crippen molar-refractivity contribution in [3.8, 4) is 5.75 Å². The molecule has 0 aliphatic carbocycles. The maximum Gasteiger partial charge on any atom is 0.214 e. The standard InChI is InChI=1S/C16H22N4O2.HI/c1-11-12(2)22-15(20-11)10-19-16(17-3)18-9-13-6-5-7-14(8-13)21-4;/h5-8H,9-10H2,1-4H3,(H2,17,18,19);1H. The van der Waals surface area contributed by atoms with Gasteiger partial charge in [-0.05, 0) is 31.5 Å². The molecule has 2 rings (SSSR count). The average molecular weight is 430 g/mol. The summed E-state index contributed by atoms with van der Waals surface area (Å²) in [4.78, 5) is 8.51. The largest absolute Gasteiger partial charge is 0.497 e. The van der Waals surface area contributed by atoms with E-state index >= 15 is 0 Å². The normalized spacial score (nSPS) is 10.9. The summed E-state index contributed by atoms with van der Waals surface area (Å²) >= 11 is 0. The molecule has 0 unspecified atom stereocenters. The average Bonchev–Trinajstić information content (AvgIpc) is 2.86. The minimum Gasteiger partial charge on any atom is -0.497 e. The molecule has 2 aromatic rings. The van der Waals surface area contributed by atoms with Crippen LogP contribution in [-0.4, -0.2) is 25.1 Å². The van der Waals surface area contributed by atoms with Gasteiger partial charge in [-0.1, -0.05) is 12.1 Å². The number of nitrogens with zero attached hydrogens (tertiary/aromatic N) is 2. The lowest BCUT2D eigenvalue weighted by molar-refractivity contribution is 0.414. The van der Waals surface area contributed by atoms with E-state index in [2.05, 4.69) is 20.6 Å². The zero-order valence-corrected chi connectivity index (χ0v) is 16.2. The van der Waals surface area contributed by atoms with E-state index in [4.69, 9.17) is 9.15 Å². The second-order valence-electron chi connectivity index (χ2n) is 4.88. The van der Waals surface area contributed by atoms with Crippen molar-refractivity contribution in [1.82, 2.24) is 15.6 Å². The zero-order valence-electron chi connectivity index (χ0n) is 13.8. The number of methoxy groups -OCH3 is 1. The number of hydrogen-bond donors (Lipinski definition) is 2. The third kappa shape index (κ3) is 5.74. The van der Waals surface area contributed by atoms with Gasteiger partial charge in [-0.15, -0.1) is 24.0 Å². The number of hydrogen-bond acceptors (Lipinski definition) is 4. The number of benzene rings is 1. The second kappa shape index (κ2) is 9.39. The maximum absolute atomic E-state index is 5.53. The van der Waals surface area contributed by atoms with Crippen LogP contribution in [0.3, 0.4) is 0 Å². The summed E-state index contributed by atoms with van der Waals surface area (Å²) in [5, 5.41) is 6.42. The van der Waals surface area contributed by atoms with E-state index < -0.39 is 0 Å². The van der Waals surface area contributed by atoms with Crippen molar-refractivity contribution < 1.29 is 9.15 Å². The predicted molar refractivity (Wildman–Crippen MR) is 101 cm³/mol. The molecule has 0 atom stereocenters. The van der Waals surface area contributed by atoms with Gasteiger partial charge in [0.15, 0.2) is 5.96 Å². The smallest absolute Gasteiger partial charge is 0.214 e. The number of aromatic nitrogens is 1. The van der Waals surface area contributed by atoms with Crippen molar-refractivity contribution in [2.24, 2.45) is 4.99 Å². The highest BCUT2D eigenvalue weighted by atomic mass is 127. The van der Waals surface area contributed by atoms with Crippen LogP contribution < -0.4 is 15.4 Å². The van der Waals surface area contributed by atoms with Crippen LogP contribution in [0.15, 0.2) is 33.7 Å². The van der Waals surface area contributed by atoms with Gasteiger partial charge in [-0.3, -0.25) is 4.99 Å². The van der Waals surface area contributed by atoms with Gasteiger partial charge in [0.05, 0.1) is 19.3 Å². The Hall–Kier alpha value is -1.77. The Morgan fingerprint density at radius 1 is 1.26 bits per heavy atom. The molecule has 0 aliphatic heterocycles. The Bertz CT molecular complexity index is 636. The first-order valence-electron chi connectivity index (χ1n) is 7.12. The first-order valence-corrected chi connectivity index (χ1v) is 7.12. The number of ether oxygens (including phenoxy) is 1. The minimum absolute atomic E-state index is 0. The lowest BCUT2D eigenvalue weighted by atomic mass is 10.2. The number of guanidine groups is 1. The highest BCUT2D eigenvalue weighted by Crippen LogP contribution is 2.12. The van der Waals surface area contributed by atoms with E-state index in [1.54, 1.807) is 14.2 Å². The van der Waals surface area contributed by atoms with Crippen molar-refractivity contribution >= 4 is 29.9 Å². The molecule has 6 nitrogen and oxygen atoms in total. The minimum atomic E-state index is 0. The van der Waals surface area contributed by atoms with Gasteiger partial charge in [-0.25, -0.2) is 4.98 Å². The van der Waals surface area contributed by atoms with Gasteiger partial charge in [0, 0.05) is 13.6 Å². The van der Waals surface area contributed by atoms with Crippen molar-refractivity contribution in [1.29, 1.82) is 0 Å². The molecule has 2 N–H and O–H groups in total. The summed E-state index contributed by atoms with van der Waals surface area (Å²) in [5.41, 5.74) is 2.03.